The first-order valence-electron chi connectivity index (χ1n) is 15.3. The second-order valence-corrected chi connectivity index (χ2v) is 11.9. The van der Waals surface area contributed by atoms with Crippen molar-refractivity contribution in [2.75, 3.05) is 20.2 Å². The molecule has 226 valence electrons. The van der Waals surface area contributed by atoms with Crippen LogP contribution in [0.15, 0.2) is 107 Å². The van der Waals surface area contributed by atoms with E-state index in [-0.39, 0.29) is 24.9 Å². The number of nitrogens with zero attached hydrogens (tertiary/aromatic N) is 4. The molecule has 0 aromatic heterocycles. The zero-order chi connectivity index (χ0) is 31.0. The number of aliphatic hydroxyl groups is 2. The van der Waals surface area contributed by atoms with Gasteiger partial charge in [-0.05, 0) is 80.6 Å². The highest BCUT2D eigenvalue weighted by Gasteiger charge is 2.33. The Morgan fingerprint density at radius 3 is 2.33 bits per heavy atom. The largest absolute Gasteiger partial charge is 0.515 e. The van der Waals surface area contributed by atoms with E-state index in [2.05, 4.69) is 39.1 Å². The molecule has 3 N–H and O–H groups in total. The van der Waals surface area contributed by atoms with Crippen LogP contribution in [0.1, 0.15) is 73.6 Å². The number of aliphatic imine (C=N–C) groups is 3. The number of allylic oxidation sites excluding steroid dienone is 10. The van der Waals surface area contributed by atoms with E-state index in [1.807, 2.05) is 33.0 Å². The lowest BCUT2D eigenvalue weighted by molar-refractivity contribution is -0.129. The highest BCUT2D eigenvalue weighted by Crippen LogP contribution is 2.39. The van der Waals surface area contributed by atoms with Crippen molar-refractivity contribution < 1.29 is 15.0 Å². The Kier molecular flexibility index (Phi) is 8.69. The number of unbranched alkanes of at least 4 members (excludes halogenated alkanes) is 1. The first-order chi connectivity index (χ1) is 20.6. The predicted molar refractivity (Wildman–Crippen MR) is 174 cm³/mol. The fourth-order valence-corrected chi connectivity index (χ4v) is 6.22. The molecule has 1 atom stereocenters. The molecule has 5 aliphatic rings. The Morgan fingerprint density at radius 1 is 1.00 bits per heavy atom. The molecular weight excluding hydrogens is 538 g/mol. The van der Waals surface area contributed by atoms with E-state index >= 15 is 0 Å². The summed E-state index contributed by atoms with van der Waals surface area (Å²) >= 11 is 0. The third kappa shape index (κ3) is 5.56. The summed E-state index contributed by atoms with van der Waals surface area (Å²) in [6.45, 7) is 13.0. The quantitative estimate of drug-likeness (QED) is 0.307. The van der Waals surface area contributed by atoms with E-state index in [9.17, 15) is 15.0 Å². The molecule has 0 spiro atoms. The number of nitrogens with one attached hydrogen (secondary N) is 1. The molecule has 0 radical (unpaired) electrons. The molecule has 8 heteroatoms. The molecule has 1 amide bonds. The van der Waals surface area contributed by atoms with Gasteiger partial charge in [-0.25, -0.2) is 15.0 Å². The van der Waals surface area contributed by atoms with Gasteiger partial charge in [0.1, 0.15) is 0 Å². The molecule has 8 bridgehead atoms. The lowest BCUT2D eigenvalue weighted by Crippen LogP contribution is -2.29. The van der Waals surface area contributed by atoms with Crippen LogP contribution in [-0.2, 0) is 4.79 Å². The minimum atomic E-state index is -0.112. The van der Waals surface area contributed by atoms with Crippen molar-refractivity contribution in [2.24, 2.45) is 20.9 Å². The van der Waals surface area contributed by atoms with Gasteiger partial charge in [0.25, 0.3) is 0 Å². The third-order valence-electron chi connectivity index (χ3n) is 9.12. The molecule has 5 aliphatic heterocycles. The third-order valence-corrected chi connectivity index (χ3v) is 9.12. The number of carbonyl (C=O) groups excluding carboxylic acids is 1. The summed E-state index contributed by atoms with van der Waals surface area (Å²) in [6, 6.07) is 0. The van der Waals surface area contributed by atoms with Gasteiger partial charge in [-0.2, -0.15) is 0 Å². The average molecular weight is 582 g/mol. The molecule has 1 fully saturated rings. The number of fused-ring (bicyclic) bond motifs is 5. The monoisotopic (exact) mass is 581 g/mol. The van der Waals surface area contributed by atoms with E-state index in [1.165, 1.54) is 0 Å². The molecule has 1 saturated heterocycles. The molecule has 43 heavy (non-hydrogen) atoms. The van der Waals surface area contributed by atoms with Crippen molar-refractivity contribution in [3.8, 4) is 0 Å². The Morgan fingerprint density at radius 2 is 1.67 bits per heavy atom. The summed E-state index contributed by atoms with van der Waals surface area (Å²) in [7, 11) is 1.85. The van der Waals surface area contributed by atoms with E-state index in [0.29, 0.717) is 29.9 Å². The highest BCUT2D eigenvalue weighted by atomic mass is 16.3. The smallest absolute Gasteiger partial charge is 0.226 e. The van der Waals surface area contributed by atoms with Gasteiger partial charge in [0.15, 0.2) is 0 Å². The van der Waals surface area contributed by atoms with Crippen molar-refractivity contribution >= 4 is 23.0 Å². The number of carbonyl (C=O) groups is 1. The van der Waals surface area contributed by atoms with Crippen LogP contribution in [0.2, 0.25) is 0 Å². The molecule has 0 aromatic rings. The van der Waals surface area contributed by atoms with Crippen molar-refractivity contribution in [1.82, 2.24) is 10.2 Å². The fourth-order valence-electron chi connectivity index (χ4n) is 6.22. The molecular formula is C35H43N5O3. The summed E-state index contributed by atoms with van der Waals surface area (Å²) in [5, 5.41) is 24.4. The lowest BCUT2D eigenvalue weighted by Gasteiger charge is -2.20. The highest BCUT2D eigenvalue weighted by molar-refractivity contribution is 6.20. The molecule has 0 saturated carbocycles. The van der Waals surface area contributed by atoms with Gasteiger partial charge in [-0.3, -0.25) is 4.79 Å². The van der Waals surface area contributed by atoms with Crippen LogP contribution in [0.4, 0.5) is 0 Å². The maximum atomic E-state index is 13.5. The minimum Gasteiger partial charge on any atom is -0.515 e. The van der Waals surface area contributed by atoms with Gasteiger partial charge in [0, 0.05) is 47.6 Å². The zero-order valence-electron chi connectivity index (χ0n) is 26.4. The lowest BCUT2D eigenvalue weighted by atomic mass is 9.93. The first kappa shape index (κ1) is 30.4. The summed E-state index contributed by atoms with van der Waals surface area (Å²) in [5.41, 5.74) is 12.6. The standard InChI is InChI=1S/C35H43N5O3/c1-8-10-11-40(7)34(43)13-24-31-12-19(3)27(36-31)14-28-21(5)25(17-41)33(38-28)15-29-20(4)23(9-2)32(37-29)16-30-22(6)26(18-42)35(24)39-30/h14-16,18-19,36,41-42H,8-13,17H2,1-7H3/b26-18+,27-14?,31-24?,32-16?,33-15?. The van der Waals surface area contributed by atoms with Crippen molar-refractivity contribution in [3.05, 3.63) is 92.0 Å². The van der Waals surface area contributed by atoms with Gasteiger partial charge in [0.05, 0.1) is 53.5 Å². The Balaban J connectivity index is 1.74. The van der Waals surface area contributed by atoms with Crippen LogP contribution < -0.4 is 5.32 Å². The van der Waals surface area contributed by atoms with Crippen molar-refractivity contribution in [3.63, 3.8) is 0 Å². The topological polar surface area (TPSA) is 110 Å². The zero-order valence-corrected chi connectivity index (χ0v) is 26.4. The van der Waals surface area contributed by atoms with Crippen molar-refractivity contribution in [2.45, 2.75) is 73.6 Å². The number of hydrogen-bond acceptors (Lipinski definition) is 7. The molecule has 1 unspecified atom stereocenters. The normalized spacial score (nSPS) is 22.6. The van der Waals surface area contributed by atoms with Crippen LogP contribution in [0.25, 0.3) is 0 Å². The van der Waals surface area contributed by atoms with Gasteiger partial charge in [0.2, 0.25) is 5.91 Å². The Hall–Kier alpha value is -4.04. The van der Waals surface area contributed by atoms with Gasteiger partial charge in [-0.1, -0.05) is 27.2 Å². The second kappa shape index (κ2) is 12.3. The Bertz CT molecular complexity index is 1620. The summed E-state index contributed by atoms with van der Waals surface area (Å²) in [5.74, 6) is 0.159. The van der Waals surface area contributed by atoms with Gasteiger partial charge < -0.3 is 20.4 Å². The SMILES string of the molecule is CCCCN(C)C(=O)CC1=C2CC(C)C(=CC3=NC(=CC4=NC(=CC5=C(C)/C(=C\O)C1=N5)C(CC)=C4C)C(CO)=C3C)N2. The minimum absolute atomic E-state index is 0.0138. The van der Waals surface area contributed by atoms with Crippen LogP contribution >= 0.6 is 0 Å². The number of hydrogen-bond donors (Lipinski definition) is 3. The number of amides is 1. The van der Waals surface area contributed by atoms with Crippen LogP contribution in [0.3, 0.4) is 0 Å². The van der Waals surface area contributed by atoms with E-state index in [0.717, 1.165) is 93.2 Å². The first-order valence-corrected chi connectivity index (χ1v) is 15.3. The van der Waals surface area contributed by atoms with Gasteiger partial charge in [-0.15, -0.1) is 0 Å². The Labute approximate surface area is 254 Å². The van der Waals surface area contributed by atoms with Crippen LogP contribution in [0, 0.1) is 5.92 Å². The number of rotatable bonds is 7. The summed E-state index contributed by atoms with van der Waals surface area (Å²) in [6.07, 6.45) is 10.7. The van der Waals surface area contributed by atoms with Crippen LogP contribution in [0.5, 0.6) is 0 Å². The number of aliphatic hydroxyl groups excluding tert-OH is 2. The second-order valence-electron chi connectivity index (χ2n) is 11.9. The molecule has 5 heterocycles. The summed E-state index contributed by atoms with van der Waals surface area (Å²) in [4.78, 5) is 30.3. The molecule has 0 aliphatic carbocycles. The fraction of sp³-hybridized carbons (Fsp3) is 0.429. The maximum absolute atomic E-state index is 13.5. The molecule has 8 nitrogen and oxygen atoms in total. The van der Waals surface area contributed by atoms with Crippen LogP contribution in [-0.4, -0.2) is 58.4 Å². The van der Waals surface area contributed by atoms with Crippen molar-refractivity contribution in [1.29, 1.82) is 0 Å². The predicted octanol–water partition coefficient (Wildman–Crippen LogP) is 6.30. The van der Waals surface area contributed by atoms with E-state index in [1.54, 1.807) is 4.90 Å². The van der Waals surface area contributed by atoms with E-state index < -0.39 is 0 Å². The molecule has 5 rings (SSSR count). The van der Waals surface area contributed by atoms with E-state index in [4.69, 9.17) is 15.0 Å². The summed E-state index contributed by atoms with van der Waals surface area (Å²) < 4.78 is 0. The average Bonchev–Trinajstić information content (AvgIpc) is 3.68. The molecule has 0 aromatic carbocycles. The van der Waals surface area contributed by atoms with Gasteiger partial charge >= 0.3 is 0 Å². The maximum Gasteiger partial charge on any atom is 0.226 e.